The zero-order valence-corrected chi connectivity index (χ0v) is 93.9. The summed E-state index contributed by atoms with van der Waals surface area (Å²) in [7, 11) is 2.18. The number of aromatic nitrogens is 9. The monoisotopic (exact) mass is 1910 g/mol. The summed E-state index contributed by atoms with van der Waals surface area (Å²) in [5.74, 6) is 1.55. The van der Waals surface area contributed by atoms with E-state index in [1.165, 1.54) is 171 Å². The molecule has 8 aromatic heterocycles. The number of pyridine rings is 7. The lowest BCUT2D eigenvalue weighted by Gasteiger charge is -2.38. The van der Waals surface area contributed by atoms with Crippen LogP contribution in [0.25, 0.3) is 0 Å². The van der Waals surface area contributed by atoms with Gasteiger partial charge in [-0.3, -0.25) is 59.6 Å². The number of rotatable bonds is 6. The van der Waals surface area contributed by atoms with Gasteiger partial charge in [-0.15, -0.1) is 0 Å². The molecule has 14 rings (SSSR count). The topological polar surface area (TPSA) is 154 Å². The quantitative estimate of drug-likeness (QED) is 0.155. The Morgan fingerprint density at radius 3 is 0.920 bits per heavy atom. The SMILES string of the molecule is C.C.CC(C)(C)COc1ccc(C(C)(C)C)nc1.CC(C)(C)N1CCCC1.CC(C)(C)N1CCCCC1.CC(C)(C)N1CCCCC1.CC(C)(C)c1ccc(N2CCCCC2)cn1.CC(C)(C)c1ccc(OC2CCC2)cn1.CC(C)(C)c1ccccn1.CC(C)(C)c1cnccn1.CN1CCN(c2ccc(C(C)(C)C)nc2)CC1.Cc1ccc(C(C)(C)C)nc1.Cc1cnc(C(C)(C)C)c(F)c1. The van der Waals surface area contributed by atoms with Gasteiger partial charge in [0.05, 0.1) is 60.3 Å². The summed E-state index contributed by atoms with van der Waals surface area (Å²) in [5, 5.41) is 0. The van der Waals surface area contributed by atoms with Gasteiger partial charge >= 0.3 is 0 Å². The van der Waals surface area contributed by atoms with Crippen LogP contribution in [0.1, 0.15) is 411 Å². The van der Waals surface area contributed by atoms with Crippen LogP contribution < -0.4 is 19.3 Å². The van der Waals surface area contributed by atoms with Crippen molar-refractivity contribution < 1.29 is 13.9 Å². The molecule has 0 radical (unpaired) electrons. The Morgan fingerprint density at radius 2 is 0.645 bits per heavy atom. The number of piperidine rings is 3. The average Bonchev–Trinajstić information content (AvgIpc) is 1.68. The number of aryl methyl sites for hydroxylation is 2. The van der Waals surface area contributed by atoms with Crippen molar-refractivity contribution in [1.82, 2.24) is 64.5 Å². The third kappa shape index (κ3) is 50.7. The smallest absolute Gasteiger partial charge is 0.145 e. The molecular formula is C120H204FN15O2. The van der Waals surface area contributed by atoms with Crippen LogP contribution in [0, 0.1) is 25.1 Å². The molecule has 5 saturated heterocycles. The van der Waals surface area contributed by atoms with E-state index in [0.717, 1.165) is 77.4 Å². The van der Waals surface area contributed by atoms with Gasteiger partial charge < -0.3 is 24.2 Å². The van der Waals surface area contributed by atoms with Gasteiger partial charge in [0.25, 0.3) is 0 Å². The maximum atomic E-state index is 13.3. The van der Waals surface area contributed by atoms with E-state index in [2.05, 4.69) is 365 Å². The van der Waals surface area contributed by atoms with E-state index in [9.17, 15) is 4.39 Å². The first kappa shape index (κ1) is 126. The molecule has 778 valence electrons. The van der Waals surface area contributed by atoms with Crippen LogP contribution in [-0.2, 0) is 43.3 Å². The van der Waals surface area contributed by atoms with Crippen molar-refractivity contribution in [1.29, 1.82) is 0 Å². The zero-order chi connectivity index (χ0) is 103. The van der Waals surface area contributed by atoms with Crippen LogP contribution in [0.3, 0.4) is 0 Å². The molecule has 1 aliphatic carbocycles. The molecule has 18 heteroatoms. The molecular weight excluding hydrogens is 1700 g/mol. The number of anilines is 2. The molecule has 13 heterocycles. The Hall–Kier alpha value is -7.90. The van der Waals surface area contributed by atoms with Crippen molar-refractivity contribution in [2.45, 2.75) is 434 Å². The zero-order valence-electron chi connectivity index (χ0n) is 93.9. The molecule has 1 saturated carbocycles. The maximum absolute atomic E-state index is 13.3. The van der Waals surface area contributed by atoms with Crippen LogP contribution in [0.2, 0.25) is 0 Å². The van der Waals surface area contributed by atoms with Gasteiger partial charge in [0, 0.05) is 171 Å². The second-order valence-corrected chi connectivity index (χ2v) is 50.6. The van der Waals surface area contributed by atoms with Gasteiger partial charge in [-0.25, -0.2) is 4.39 Å². The summed E-state index contributed by atoms with van der Waals surface area (Å²) in [6, 6.07) is 28.6. The highest BCUT2D eigenvalue weighted by molar-refractivity contribution is 5.47. The highest BCUT2D eigenvalue weighted by Gasteiger charge is 2.29. The van der Waals surface area contributed by atoms with E-state index in [1.54, 1.807) is 24.8 Å². The second kappa shape index (κ2) is 57.4. The third-order valence-electron chi connectivity index (χ3n) is 24.5. The molecule has 0 spiro atoms. The molecule has 6 fully saturated rings. The highest BCUT2D eigenvalue weighted by Crippen LogP contribution is 2.32. The normalized spacial score (nSPS) is 16.1. The lowest BCUT2D eigenvalue weighted by Crippen LogP contribution is -2.44. The molecule has 0 unspecified atom stereocenters. The van der Waals surface area contributed by atoms with E-state index in [4.69, 9.17) is 9.47 Å². The van der Waals surface area contributed by atoms with E-state index in [0.29, 0.717) is 35.0 Å². The van der Waals surface area contributed by atoms with Crippen LogP contribution >= 0.6 is 0 Å². The summed E-state index contributed by atoms with van der Waals surface area (Å²) >= 11 is 0. The summed E-state index contributed by atoms with van der Waals surface area (Å²) in [4.78, 5) is 53.8. The third-order valence-corrected chi connectivity index (χ3v) is 24.5. The number of nitrogens with zero attached hydrogens (tertiary/aromatic N) is 15. The molecule has 0 atom stereocenters. The van der Waals surface area contributed by atoms with Crippen molar-refractivity contribution in [2.75, 3.05) is 102 Å². The minimum absolute atomic E-state index is 0. The van der Waals surface area contributed by atoms with E-state index in [1.807, 2.05) is 95.2 Å². The Labute approximate surface area is 846 Å². The second-order valence-electron chi connectivity index (χ2n) is 50.6. The summed E-state index contributed by atoms with van der Waals surface area (Å²) in [5.41, 5.74) is 15.2. The lowest BCUT2D eigenvalue weighted by atomic mass is 9.91. The molecule has 5 aliphatic heterocycles. The number of likely N-dealkylation sites (tertiary alicyclic amines) is 3. The van der Waals surface area contributed by atoms with Crippen LogP contribution in [0.15, 0.2) is 147 Å². The van der Waals surface area contributed by atoms with Gasteiger partial charge in [-0.2, -0.15) is 0 Å². The van der Waals surface area contributed by atoms with Gasteiger partial charge in [-0.05, 0) is 289 Å². The van der Waals surface area contributed by atoms with Gasteiger partial charge in [0.15, 0.2) is 0 Å². The minimum Gasteiger partial charge on any atom is -0.491 e. The first-order chi connectivity index (χ1) is 62.7. The first-order valence-electron chi connectivity index (χ1n) is 51.5. The molecule has 0 aromatic carbocycles. The fourth-order valence-electron chi connectivity index (χ4n) is 15.0. The molecule has 8 aromatic rings. The molecule has 6 aliphatic rings. The molecule has 138 heavy (non-hydrogen) atoms. The Morgan fingerprint density at radius 1 is 0.304 bits per heavy atom. The summed E-state index contributed by atoms with van der Waals surface area (Å²) in [6.45, 7) is 97.9. The lowest BCUT2D eigenvalue weighted by molar-refractivity contribution is 0.110. The van der Waals surface area contributed by atoms with Crippen molar-refractivity contribution in [3.63, 3.8) is 0 Å². The Bertz CT molecular complexity index is 4420. The maximum Gasteiger partial charge on any atom is 0.145 e. The predicted molar refractivity (Wildman–Crippen MR) is 594 cm³/mol. The molecule has 0 bridgehead atoms. The number of halogens is 1. The number of likely N-dealkylation sites (N-methyl/N-ethyl adjacent to an activating group) is 1. The Balaban J connectivity index is 0.000000516. The van der Waals surface area contributed by atoms with E-state index >= 15 is 0 Å². The molecule has 17 nitrogen and oxygen atoms in total. The largest absolute Gasteiger partial charge is 0.491 e. The predicted octanol–water partition coefficient (Wildman–Crippen LogP) is 30.0. The number of hydrogen-bond acceptors (Lipinski definition) is 17. The number of hydrogen-bond donors (Lipinski definition) is 0. The molecule has 0 amide bonds. The van der Waals surface area contributed by atoms with Crippen molar-refractivity contribution in [3.05, 3.63) is 209 Å². The highest BCUT2D eigenvalue weighted by atomic mass is 19.1. The number of ether oxygens (including phenoxy) is 2. The van der Waals surface area contributed by atoms with E-state index < -0.39 is 0 Å². The van der Waals surface area contributed by atoms with Crippen molar-refractivity contribution in [2.24, 2.45) is 5.41 Å². The fourth-order valence-corrected chi connectivity index (χ4v) is 15.0. The van der Waals surface area contributed by atoms with E-state index in [-0.39, 0.29) is 69.4 Å². The van der Waals surface area contributed by atoms with Crippen LogP contribution in [0.5, 0.6) is 11.5 Å². The number of piperazine rings is 1. The summed E-state index contributed by atoms with van der Waals surface area (Å²) in [6.07, 6.45) is 37.8. The molecule has 0 N–H and O–H groups in total. The standard InChI is InChI=1S/C14H23N3.C14H22N2.C14H23NO.C13H19NO.C10H14FN.C10H15N.2C9H19N.C9H13N.C8H12N2.C8H17N.2CH4/c1-14(2,3)13-6-5-12(11-15-13)17-9-7-16(4)8-10-17;1-14(2,3)13-8-7-12(11-15-13)16-9-5-4-6-10-16;1-13(2,3)10-16-11-7-8-12(15-9-11)14(4,5)6;1-13(2,3)12-8-7-11(9-14-12)15-10-5-4-6-10;1-7-5-8(11)9(12-6-7)10(2,3)4;1-8-5-6-9(11-7-8)10(2,3)4;2*1-9(2,3)10-7-5-4-6-8-10;1-9(2,3)8-6-4-5-7-10-8;1-8(2,3)7-6-9-4-5-10-7;1-8(2,3)9-6-4-5-7-9;;/h5-6,11H,7-10H2,1-4H3;7-8,11H,4-6,9-10H2,1-3H3;7-9H,10H2,1-6H3;7-10H,4-6H2,1-3H3;5-6H,1-4H3;5-7H,1-4H3;2*4-8H2,1-3H3;4-7H,1-3H3;4-6H,1-3H3;4-7H2,1-3H3;2*1H4. The van der Waals surface area contributed by atoms with Crippen LogP contribution in [0.4, 0.5) is 15.8 Å². The van der Waals surface area contributed by atoms with Gasteiger partial charge in [0.2, 0.25) is 0 Å². The fraction of sp³-hybridized carbons (Fsp3) is 0.675. The minimum atomic E-state index is -0.211. The average molecular weight is 1910 g/mol. The first-order valence-corrected chi connectivity index (χ1v) is 51.5. The van der Waals surface area contributed by atoms with Crippen molar-refractivity contribution in [3.8, 4) is 11.5 Å². The van der Waals surface area contributed by atoms with Crippen LogP contribution in [-0.4, -0.2) is 179 Å². The van der Waals surface area contributed by atoms with Gasteiger partial charge in [-0.1, -0.05) is 227 Å². The van der Waals surface area contributed by atoms with Gasteiger partial charge in [0.1, 0.15) is 17.3 Å². The Kier molecular flexibility index (Phi) is 52.5. The summed E-state index contributed by atoms with van der Waals surface area (Å²) < 4.78 is 24.7. The van der Waals surface area contributed by atoms with Crippen molar-refractivity contribution >= 4 is 11.4 Å².